The van der Waals surface area contributed by atoms with Crippen LogP contribution in [0.15, 0.2) is 12.4 Å². The van der Waals surface area contributed by atoms with Crippen molar-refractivity contribution in [1.82, 2.24) is 20.3 Å². The van der Waals surface area contributed by atoms with E-state index in [1.165, 1.54) is 0 Å². The maximum atomic E-state index is 11.3. The van der Waals surface area contributed by atoms with Gasteiger partial charge in [0.25, 0.3) is 0 Å². The molecule has 1 heterocycles. The van der Waals surface area contributed by atoms with Crippen molar-refractivity contribution in [3.63, 3.8) is 0 Å². The molecule has 0 aliphatic carbocycles. The third-order valence-electron chi connectivity index (χ3n) is 2.18. The second-order valence-corrected chi connectivity index (χ2v) is 3.89. The normalized spacial score (nSPS) is 12.4. The Labute approximate surface area is 95.2 Å². The fraction of sp³-hybridized carbons (Fsp3) is 0.700. The van der Waals surface area contributed by atoms with Crippen LogP contribution in [0.2, 0.25) is 0 Å². The van der Waals surface area contributed by atoms with Crippen LogP contribution in [0.4, 0.5) is 0 Å². The molecule has 0 radical (unpaired) electrons. The highest BCUT2D eigenvalue weighted by atomic mass is 16.1. The van der Waals surface area contributed by atoms with Crippen molar-refractivity contribution in [2.24, 2.45) is 5.73 Å². The summed E-state index contributed by atoms with van der Waals surface area (Å²) in [6.45, 7) is 3.34. The third-order valence-corrected chi connectivity index (χ3v) is 2.18. The number of rotatable bonds is 7. The molecule has 1 unspecified atom stereocenters. The Hall–Kier alpha value is -1.43. The maximum absolute atomic E-state index is 11.3. The van der Waals surface area contributed by atoms with E-state index in [9.17, 15) is 4.79 Å². The van der Waals surface area contributed by atoms with Gasteiger partial charge in [-0.3, -0.25) is 9.48 Å². The molecule has 1 aromatic rings. The van der Waals surface area contributed by atoms with Gasteiger partial charge in [-0.2, -0.15) is 0 Å². The van der Waals surface area contributed by atoms with Gasteiger partial charge in [-0.25, -0.2) is 0 Å². The van der Waals surface area contributed by atoms with Crippen molar-refractivity contribution < 1.29 is 4.79 Å². The predicted molar refractivity (Wildman–Crippen MR) is 60.5 cm³/mol. The number of nitrogens with one attached hydrogen (secondary N) is 1. The summed E-state index contributed by atoms with van der Waals surface area (Å²) in [7, 11) is 0. The number of carbonyl (C=O) groups excluding carboxylic acids is 1. The van der Waals surface area contributed by atoms with Gasteiger partial charge >= 0.3 is 0 Å². The summed E-state index contributed by atoms with van der Waals surface area (Å²) in [5.41, 5.74) is 5.56. The van der Waals surface area contributed by atoms with Crippen LogP contribution in [0.25, 0.3) is 0 Å². The van der Waals surface area contributed by atoms with E-state index in [4.69, 9.17) is 5.73 Å². The first-order valence-corrected chi connectivity index (χ1v) is 5.55. The summed E-state index contributed by atoms with van der Waals surface area (Å²) in [6, 6.07) is 0.0842. The number of nitrogens with zero attached hydrogens (tertiary/aromatic N) is 3. The molecule has 0 spiro atoms. The van der Waals surface area contributed by atoms with Gasteiger partial charge in [0.2, 0.25) is 5.91 Å². The van der Waals surface area contributed by atoms with Crippen molar-refractivity contribution >= 4 is 5.91 Å². The van der Waals surface area contributed by atoms with Crippen LogP contribution in [-0.2, 0) is 11.3 Å². The molecular weight excluding hydrogens is 206 g/mol. The number of nitrogens with two attached hydrogens (primary N) is 1. The molecule has 0 aromatic carbocycles. The summed E-state index contributed by atoms with van der Waals surface area (Å²) in [4.78, 5) is 11.3. The van der Waals surface area contributed by atoms with Gasteiger partial charge in [0.15, 0.2) is 0 Å². The SMILES string of the molecule is CC(N)CCC(=O)NCCCn1ccnn1. The van der Waals surface area contributed by atoms with Crippen LogP contribution in [0, 0.1) is 0 Å². The van der Waals surface area contributed by atoms with Crippen LogP contribution in [0.5, 0.6) is 0 Å². The Morgan fingerprint density at radius 2 is 2.44 bits per heavy atom. The molecule has 16 heavy (non-hydrogen) atoms. The topological polar surface area (TPSA) is 85.8 Å². The molecule has 6 nitrogen and oxygen atoms in total. The van der Waals surface area contributed by atoms with E-state index in [0.29, 0.717) is 13.0 Å². The average Bonchev–Trinajstić information content (AvgIpc) is 2.74. The molecule has 1 rings (SSSR count). The lowest BCUT2D eigenvalue weighted by atomic mass is 10.2. The van der Waals surface area contributed by atoms with Crippen molar-refractivity contribution in [3.8, 4) is 0 Å². The van der Waals surface area contributed by atoms with Crippen LogP contribution in [0.3, 0.4) is 0 Å². The summed E-state index contributed by atoms with van der Waals surface area (Å²) >= 11 is 0. The average molecular weight is 225 g/mol. The quantitative estimate of drug-likeness (QED) is 0.635. The lowest BCUT2D eigenvalue weighted by molar-refractivity contribution is -0.121. The van der Waals surface area contributed by atoms with E-state index < -0.39 is 0 Å². The summed E-state index contributed by atoms with van der Waals surface area (Å²) in [5.74, 6) is 0.0656. The maximum Gasteiger partial charge on any atom is 0.220 e. The highest BCUT2D eigenvalue weighted by molar-refractivity contribution is 5.75. The Morgan fingerprint density at radius 3 is 3.06 bits per heavy atom. The van der Waals surface area contributed by atoms with Gasteiger partial charge in [0, 0.05) is 31.7 Å². The molecule has 0 bridgehead atoms. The molecule has 90 valence electrons. The number of aromatic nitrogens is 3. The molecule has 6 heteroatoms. The lowest BCUT2D eigenvalue weighted by Crippen LogP contribution is -2.27. The molecule has 3 N–H and O–H groups in total. The number of hydrogen-bond acceptors (Lipinski definition) is 4. The van der Waals surface area contributed by atoms with Crippen molar-refractivity contribution in [1.29, 1.82) is 0 Å². The van der Waals surface area contributed by atoms with E-state index in [0.717, 1.165) is 19.4 Å². The molecule has 0 fully saturated rings. The molecular formula is C10H19N5O. The van der Waals surface area contributed by atoms with Crippen LogP contribution >= 0.6 is 0 Å². The third kappa shape index (κ3) is 5.45. The van der Waals surface area contributed by atoms with Crippen LogP contribution in [-0.4, -0.2) is 33.5 Å². The van der Waals surface area contributed by atoms with Gasteiger partial charge < -0.3 is 11.1 Å². The largest absolute Gasteiger partial charge is 0.356 e. The minimum absolute atomic E-state index is 0.0656. The zero-order valence-electron chi connectivity index (χ0n) is 9.59. The smallest absolute Gasteiger partial charge is 0.220 e. The monoisotopic (exact) mass is 225 g/mol. The number of amides is 1. The molecule has 0 saturated heterocycles. The first-order chi connectivity index (χ1) is 7.68. The second-order valence-electron chi connectivity index (χ2n) is 3.89. The number of carbonyl (C=O) groups is 1. The van der Waals surface area contributed by atoms with E-state index in [1.807, 2.05) is 6.92 Å². The highest BCUT2D eigenvalue weighted by Crippen LogP contribution is 1.93. The van der Waals surface area contributed by atoms with Gasteiger partial charge in [0.1, 0.15) is 0 Å². The Morgan fingerprint density at radius 1 is 1.62 bits per heavy atom. The number of hydrogen-bond donors (Lipinski definition) is 2. The fourth-order valence-electron chi connectivity index (χ4n) is 1.27. The molecule has 0 saturated carbocycles. The van der Waals surface area contributed by atoms with Crippen LogP contribution in [0.1, 0.15) is 26.2 Å². The fourth-order valence-corrected chi connectivity index (χ4v) is 1.27. The lowest BCUT2D eigenvalue weighted by Gasteiger charge is -2.06. The minimum Gasteiger partial charge on any atom is -0.356 e. The van der Waals surface area contributed by atoms with Crippen LogP contribution < -0.4 is 11.1 Å². The predicted octanol–water partition coefficient (Wildman–Crippen LogP) is -0.0882. The van der Waals surface area contributed by atoms with Gasteiger partial charge in [-0.1, -0.05) is 5.21 Å². The Kier molecular flexibility index (Phi) is 5.49. The molecule has 1 amide bonds. The molecule has 0 aliphatic rings. The summed E-state index contributed by atoms with van der Waals surface area (Å²) in [5, 5.41) is 10.4. The summed E-state index contributed by atoms with van der Waals surface area (Å²) in [6.07, 6.45) is 5.53. The zero-order chi connectivity index (χ0) is 11.8. The van der Waals surface area contributed by atoms with Gasteiger partial charge in [0.05, 0.1) is 6.20 Å². The van der Waals surface area contributed by atoms with E-state index in [-0.39, 0.29) is 11.9 Å². The zero-order valence-corrected chi connectivity index (χ0v) is 9.59. The Bertz CT molecular complexity index is 296. The Balaban J connectivity index is 2.00. The number of aryl methyl sites for hydroxylation is 1. The van der Waals surface area contributed by atoms with E-state index >= 15 is 0 Å². The summed E-state index contributed by atoms with van der Waals surface area (Å²) < 4.78 is 1.74. The van der Waals surface area contributed by atoms with Crippen molar-refractivity contribution in [2.75, 3.05) is 6.54 Å². The first-order valence-electron chi connectivity index (χ1n) is 5.55. The molecule has 0 aliphatic heterocycles. The molecule has 1 atom stereocenters. The second kappa shape index (κ2) is 6.95. The standard InChI is InChI=1S/C10H19N5O/c1-9(11)3-4-10(16)12-5-2-7-15-8-6-13-14-15/h6,8-9H,2-5,7,11H2,1H3,(H,12,16). The van der Waals surface area contributed by atoms with Gasteiger partial charge in [-0.05, 0) is 19.8 Å². The van der Waals surface area contributed by atoms with Gasteiger partial charge in [-0.15, -0.1) is 5.10 Å². The van der Waals surface area contributed by atoms with E-state index in [1.54, 1.807) is 17.1 Å². The van der Waals surface area contributed by atoms with Crippen molar-refractivity contribution in [2.45, 2.75) is 38.8 Å². The van der Waals surface area contributed by atoms with Crippen molar-refractivity contribution in [3.05, 3.63) is 12.4 Å². The minimum atomic E-state index is 0.0656. The molecule has 1 aromatic heterocycles. The first kappa shape index (κ1) is 12.6. The van der Waals surface area contributed by atoms with E-state index in [2.05, 4.69) is 15.6 Å². The highest BCUT2D eigenvalue weighted by Gasteiger charge is 2.02.